The number of halogens is 1. The average Bonchev–Trinajstić information content (AvgIpc) is 3.28. The van der Waals surface area contributed by atoms with E-state index in [0.29, 0.717) is 18.2 Å². The second kappa shape index (κ2) is 6.97. The van der Waals surface area contributed by atoms with Gasteiger partial charge < -0.3 is 9.32 Å². The normalized spacial score (nSPS) is 13.8. The van der Waals surface area contributed by atoms with Crippen LogP contribution in [0.2, 0.25) is 0 Å². The van der Waals surface area contributed by atoms with Crippen LogP contribution in [0.25, 0.3) is 21.5 Å². The van der Waals surface area contributed by atoms with Crippen LogP contribution in [-0.2, 0) is 6.54 Å². The van der Waals surface area contributed by atoms with Gasteiger partial charge in [-0.05, 0) is 43.3 Å². The molecule has 0 spiro atoms. The van der Waals surface area contributed by atoms with E-state index < -0.39 is 0 Å². The van der Waals surface area contributed by atoms with Gasteiger partial charge in [-0.2, -0.15) is 0 Å². The number of oxazole rings is 1. The van der Waals surface area contributed by atoms with E-state index in [1.807, 2.05) is 18.2 Å². The Hall–Kier alpha value is -2.57. The molecule has 26 heavy (non-hydrogen) atoms. The predicted molar refractivity (Wildman–Crippen MR) is 101 cm³/mol. The highest BCUT2D eigenvalue weighted by Gasteiger charge is 2.22. The molecule has 1 N–H and O–H groups in total. The van der Waals surface area contributed by atoms with Crippen LogP contribution in [0.3, 0.4) is 0 Å². The Balaban J connectivity index is 1.49. The van der Waals surface area contributed by atoms with Gasteiger partial charge in [0.05, 0.1) is 23.5 Å². The Labute approximate surface area is 154 Å². The molecule has 0 fully saturated rings. The lowest BCUT2D eigenvalue weighted by molar-refractivity contribution is -0.925. The average molecular weight is 368 g/mol. The van der Waals surface area contributed by atoms with E-state index in [1.165, 1.54) is 21.7 Å². The van der Waals surface area contributed by atoms with Crippen LogP contribution >= 0.6 is 11.3 Å². The van der Waals surface area contributed by atoms with Crippen molar-refractivity contribution in [2.75, 3.05) is 7.05 Å². The van der Waals surface area contributed by atoms with Gasteiger partial charge in [-0.3, -0.25) is 0 Å². The van der Waals surface area contributed by atoms with Crippen molar-refractivity contribution < 1.29 is 13.7 Å². The highest BCUT2D eigenvalue weighted by Crippen LogP contribution is 2.25. The maximum absolute atomic E-state index is 13.1. The van der Waals surface area contributed by atoms with Gasteiger partial charge in [-0.25, -0.2) is 14.4 Å². The summed E-state index contributed by atoms with van der Waals surface area (Å²) < 4.78 is 20.1. The Morgan fingerprint density at radius 1 is 1.15 bits per heavy atom. The molecule has 4 nitrogen and oxygen atoms in total. The van der Waals surface area contributed by atoms with Gasteiger partial charge >= 0.3 is 0 Å². The van der Waals surface area contributed by atoms with E-state index in [0.717, 1.165) is 16.1 Å². The molecule has 0 radical (unpaired) electrons. The van der Waals surface area contributed by atoms with Gasteiger partial charge in [0.1, 0.15) is 11.9 Å². The first-order valence-corrected chi connectivity index (χ1v) is 9.30. The second-order valence-corrected chi connectivity index (χ2v) is 7.45. The fourth-order valence-electron chi connectivity index (χ4n) is 2.82. The molecule has 0 aliphatic rings. The summed E-state index contributed by atoms with van der Waals surface area (Å²) in [7, 11) is 2.11. The summed E-state index contributed by atoms with van der Waals surface area (Å²) in [5, 5.41) is 1.11. The van der Waals surface area contributed by atoms with Crippen LogP contribution in [0, 0.1) is 5.82 Å². The fraction of sp³-hybridized carbons (Fsp3) is 0.200. The summed E-state index contributed by atoms with van der Waals surface area (Å²) in [5.74, 6) is 1.05. The lowest BCUT2D eigenvalue weighted by atomic mass is 10.2. The zero-order valence-electron chi connectivity index (χ0n) is 14.6. The zero-order chi connectivity index (χ0) is 18.1. The number of quaternary nitrogens is 1. The first-order chi connectivity index (χ1) is 12.6. The van der Waals surface area contributed by atoms with E-state index in [-0.39, 0.29) is 11.9 Å². The molecule has 0 aliphatic carbocycles. The summed E-state index contributed by atoms with van der Waals surface area (Å²) in [6.45, 7) is 2.81. The molecule has 2 heterocycles. The third-order valence-corrected chi connectivity index (χ3v) is 5.75. The van der Waals surface area contributed by atoms with Crippen molar-refractivity contribution in [1.82, 2.24) is 9.97 Å². The van der Waals surface area contributed by atoms with Crippen molar-refractivity contribution in [2.24, 2.45) is 0 Å². The first kappa shape index (κ1) is 16.9. The van der Waals surface area contributed by atoms with Gasteiger partial charge in [-0.15, -0.1) is 11.3 Å². The van der Waals surface area contributed by atoms with Gasteiger partial charge in [0.25, 0.3) is 5.89 Å². The minimum atomic E-state index is -0.262. The van der Waals surface area contributed by atoms with Crippen molar-refractivity contribution in [2.45, 2.75) is 19.5 Å². The molecule has 0 saturated carbocycles. The van der Waals surface area contributed by atoms with Gasteiger partial charge in [-0.1, -0.05) is 12.1 Å². The standard InChI is InChI=1S/C20H18FN3OS/c1-13(20-23-16-5-3-4-6-18(16)26-20)24(2)12-19-22-11-17(25-19)14-7-9-15(21)10-8-14/h3-11,13H,12H2,1-2H3/p+1/t13-/m1/s1. The largest absolute Gasteiger partial charge is 0.435 e. The van der Waals surface area contributed by atoms with Crippen LogP contribution in [0.4, 0.5) is 4.39 Å². The van der Waals surface area contributed by atoms with Crippen molar-refractivity contribution >= 4 is 21.6 Å². The molecule has 1 unspecified atom stereocenters. The number of nitrogens with zero attached hydrogens (tertiary/aromatic N) is 2. The third-order valence-electron chi connectivity index (χ3n) is 4.53. The van der Waals surface area contributed by atoms with Crippen LogP contribution < -0.4 is 4.90 Å². The summed E-state index contributed by atoms with van der Waals surface area (Å²) in [6, 6.07) is 14.6. The van der Waals surface area contributed by atoms with E-state index in [2.05, 4.69) is 25.0 Å². The molecule has 132 valence electrons. The Bertz CT molecular complexity index is 992. The number of fused-ring (bicyclic) bond motifs is 1. The van der Waals surface area contributed by atoms with Crippen molar-refractivity contribution in [1.29, 1.82) is 0 Å². The Morgan fingerprint density at radius 2 is 1.92 bits per heavy atom. The van der Waals surface area contributed by atoms with E-state index >= 15 is 0 Å². The molecule has 0 saturated heterocycles. The molecule has 0 aliphatic heterocycles. The maximum Gasteiger partial charge on any atom is 0.250 e. The van der Waals surface area contributed by atoms with Crippen LogP contribution in [0.1, 0.15) is 23.9 Å². The molecule has 4 aromatic rings. The molecule has 4 rings (SSSR count). The summed E-state index contributed by atoms with van der Waals surface area (Å²) in [4.78, 5) is 10.4. The lowest BCUT2D eigenvalue weighted by Gasteiger charge is -2.18. The number of hydrogen-bond donors (Lipinski definition) is 1. The van der Waals surface area contributed by atoms with Crippen molar-refractivity contribution in [3.63, 3.8) is 0 Å². The van der Waals surface area contributed by atoms with Crippen molar-refractivity contribution in [3.05, 3.63) is 71.4 Å². The van der Waals surface area contributed by atoms with Gasteiger partial charge in [0.15, 0.2) is 17.3 Å². The predicted octanol–water partition coefficient (Wildman–Crippen LogP) is 3.87. The molecule has 2 aromatic heterocycles. The number of hydrogen-bond acceptors (Lipinski definition) is 4. The summed E-state index contributed by atoms with van der Waals surface area (Å²) in [5.41, 5.74) is 1.86. The highest BCUT2D eigenvalue weighted by molar-refractivity contribution is 7.18. The highest BCUT2D eigenvalue weighted by atomic mass is 32.1. The van der Waals surface area contributed by atoms with Crippen LogP contribution in [-0.4, -0.2) is 17.0 Å². The lowest BCUT2D eigenvalue weighted by Crippen LogP contribution is -3.07. The summed E-state index contributed by atoms with van der Waals surface area (Å²) >= 11 is 1.73. The molecule has 0 amide bonds. The molecule has 0 bridgehead atoms. The van der Waals surface area contributed by atoms with E-state index in [4.69, 9.17) is 9.40 Å². The number of rotatable bonds is 5. The van der Waals surface area contributed by atoms with Crippen LogP contribution in [0.15, 0.2) is 59.1 Å². The fourth-order valence-corrected chi connectivity index (χ4v) is 3.93. The minimum Gasteiger partial charge on any atom is -0.435 e. The van der Waals surface area contributed by atoms with E-state index in [1.54, 1.807) is 29.7 Å². The SMILES string of the molecule is C[C@H](c1nc2ccccc2s1)[NH+](C)Cc1ncc(-c2ccc(F)cc2)o1. The number of benzene rings is 2. The Kier molecular flexibility index (Phi) is 4.53. The maximum atomic E-state index is 13.1. The monoisotopic (exact) mass is 368 g/mol. The van der Waals surface area contributed by atoms with Gasteiger partial charge in [0.2, 0.25) is 0 Å². The molecule has 6 heteroatoms. The number of aromatic nitrogens is 2. The molecule has 2 aromatic carbocycles. The summed E-state index contributed by atoms with van der Waals surface area (Å²) in [6.07, 6.45) is 1.69. The second-order valence-electron chi connectivity index (χ2n) is 6.39. The first-order valence-electron chi connectivity index (χ1n) is 8.48. The smallest absolute Gasteiger partial charge is 0.250 e. The minimum absolute atomic E-state index is 0.230. The van der Waals surface area contributed by atoms with Crippen molar-refractivity contribution in [3.8, 4) is 11.3 Å². The van der Waals surface area contributed by atoms with E-state index in [9.17, 15) is 4.39 Å². The Morgan fingerprint density at radius 3 is 2.69 bits per heavy atom. The third kappa shape index (κ3) is 3.38. The topological polar surface area (TPSA) is 43.4 Å². The van der Waals surface area contributed by atoms with Crippen LogP contribution in [0.5, 0.6) is 0 Å². The quantitative estimate of drug-likeness (QED) is 0.582. The number of thiazole rings is 1. The number of nitrogens with one attached hydrogen (secondary N) is 1. The van der Waals surface area contributed by atoms with Gasteiger partial charge in [0, 0.05) is 5.56 Å². The molecular weight excluding hydrogens is 349 g/mol. The zero-order valence-corrected chi connectivity index (χ0v) is 15.4. The number of para-hydroxylation sites is 1. The molecular formula is C20H19FN3OS+. The molecule has 2 atom stereocenters.